The van der Waals surface area contributed by atoms with Gasteiger partial charge in [0.15, 0.2) is 0 Å². The standard InChI is InChI=1S/C17H19BrO/c1-12-6-9-14(10-7-12)19-16-11-8-13-4-2-3-5-15(13)17(16)18/h2-5,8,11-12,14H,6-7,9-10H2,1H3. The minimum absolute atomic E-state index is 0.383. The summed E-state index contributed by atoms with van der Waals surface area (Å²) in [6.07, 6.45) is 5.32. The SMILES string of the molecule is CC1CCC(Oc2ccc3ccccc3c2Br)CC1. The van der Waals surface area contributed by atoms with Crippen molar-refractivity contribution in [3.63, 3.8) is 0 Å². The molecular weight excluding hydrogens is 300 g/mol. The number of ether oxygens (including phenoxy) is 1. The zero-order valence-electron chi connectivity index (χ0n) is 11.2. The molecule has 2 heteroatoms. The normalized spacial score (nSPS) is 23.5. The van der Waals surface area contributed by atoms with Gasteiger partial charge in [-0.05, 0) is 64.4 Å². The lowest BCUT2D eigenvalue weighted by Gasteiger charge is -2.27. The Labute approximate surface area is 123 Å². The van der Waals surface area contributed by atoms with E-state index in [1.165, 1.54) is 36.5 Å². The van der Waals surface area contributed by atoms with Crippen molar-refractivity contribution in [3.05, 3.63) is 40.9 Å². The molecule has 0 heterocycles. The zero-order valence-corrected chi connectivity index (χ0v) is 12.8. The second-order valence-electron chi connectivity index (χ2n) is 5.60. The number of halogens is 1. The molecule has 0 atom stereocenters. The zero-order chi connectivity index (χ0) is 13.2. The molecule has 0 aliphatic heterocycles. The molecule has 0 unspecified atom stereocenters. The predicted octanol–water partition coefficient (Wildman–Crippen LogP) is 5.56. The van der Waals surface area contributed by atoms with Gasteiger partial charge >= 0.3 is 0 Å². The summed E-state index contributed by atoms with van der Waals surface area (Å²) in [5, 5.41) is 2.48. The van der Waals surface area contributed by atoms with Crippen LogP contribution in [0.5, 0.6) is 5.75 Å². The summed E-state index contributed by atoms with van der Waals surface area (Å²) >= 11 is 3.70. The monoisotopic (exact) mass is 318 g/mol. The van der Waals surface area contributed by atoms with Crippen molar-refractivity contribution in [2.24, 2.45) is 5.92 Å². The molecule has 0 aromatic heterocycles. The van der Waals surface area contributed by atoms with E-state index < -0.39 is 0 Å². The Morgan fingerprint density at radius 1 is 1.00 bits per heavy atom. The lowest BCUT2D eigenvalue weighted by atomic mass is 9.89. The van der Waals surface area contributed by atoms with Crippen molar-refractivity contribution in [2.45, 2.75) is 38.7 Å². The molecule has 1 saturated carbocycles. The minimum atomic E-state index is 0.383. The first-order valence-corrected chi connectivity index (χ1v) is 7.87. The average Bonchev–Trinajstić information content (AvgIpc) is 2.45. The maximum Gasteiger partial charge on any atom is 0.134 e. The van der Waals surface area contributed by atoms with Gasteiger partial charge in [-0.25, -0.2) is 0 Å². The van der Waals surface area contributed by atoms with E-state index in [0.29, 0.717) is 6.10 Å². The Balaban J connectivity index is 1.83. The van der Waals surface area contributed by atoms with Gasteiger partial charge < -0.3 is 4.74 Å². The molecule has 0 bridgehead atoms. The van der Waals surface area contributed by atoms with Crippen LogP contribution >= 0.6 is 15.9 Å². The summed E-state index contributed by atoms with van der Waals surface area (Å²) in [7, 11) is 0. The highest BCUT2D eigenvalue weighted by atomic mass is 79.9. The Morgan fingerprint density at radius 2 is 1.74 bits per heavy atom. The molecule has 0 radical (unpaired) electrons. The van der Waals surface area contributed by atoms with Crippen LogP contribution in [0.3, 0.4) is 0 Å². The van der Waals surface area contributed by atoms with Gasteiger partial charge in [-0.15, -0.1) is 0 Å². The minimum Gasteiger partial charge on any atom is -0.489 e. The first-order chi connectivity index (χ1) is 9.24. The molecule has 2 aromatic carbocycles. The molecule has 19 heavy (non-hydrogen) atoms. The fourth-order valence-corrected chi connectivity index (χ4v) is 3.42. The second kappa shape index (κ2) is 5.54. The van der Waals surface area contributed by atoms with E-state index in [0.717, 1.165) is 16.1 Å². The molecule has 0 N–H and O–H groups in total. The fraction of sp³-hybridized carbons (Fsp3) is 0.412. The van der Waals surface area contributed by atoms with E-state index in [9.17, 15) is 0 Å². The van der Waals surface area contributed by atoms with Gasteiger partial charge in [-0.1, -0.05) is 37.3 Å². The maximum absolute atomic E-state index is 6.20. The van der Waals surface area contributed by atoms with E-state index in [1.54, 1.807) is 0 Å². The summed E-state index contributed by atoms with van der Waals surface area (Å²) in [6, 6.07) is 12.6. The fourth-order valence-electron chi connectivity index (χ4n) is 2.83. The first-order valence-electron chi connectivity index (χ1n) is 7.08. The highest BCUT2D eigenvalue weighted by Gasteiger charge is 2.20. The number of fused-ring (bicyclic) bond motifs is 1. The van der Waals surface area contributed by atoms with Crippen LogP contribution in [-0.4, -0.2) is 6.10 Å². The number of hydrogen-bond donors (Lipinski definition) is 0. The average molecular weight is 319 g/mol. The predicted molar refractivity (Wildman–Crippen MR) is 83.7 cm³/mol. The van der Waals surface area contributed by atoms with Gasteiger partial charge in [0.2, 0.25) is 0 Å². The molecule has 1 fully saturated rings. The van der Waals surface area contributed by atoms with Crippen LogP contribution in [0, 0.1) is 5.92 Å². The maximum atomic E-state index is 6.20. The lowest BCUT2D eigenvalue weighted by molar-refractivity contribution is 0.135. The van der Waals surface area contributed by atoms with Crippen LogP contribution in [0.4, 0.5) is 0 Å². The third-order valence-electron chi connectivity index (χ3n) is 4.08. The van der Waals surface area contributed by atoms with Crippen molar-refractivity contribution >= 4 is 26.7 Å². The molecule has 100 valence electrons. The van der Waals surface area contributed by atoms with E-state index in [4.69, 9.17) is 4.74 Å². The van der Waals surface area contributed by atoms with Gasteiger partial charge in [-0.2, -0.15) is 0 Å². The van der Waals surface area contributed by atoms with Gasteiger partial charge in [-0.3, -0.25) is 0 Å². The van der Waals surface area contributed by atoms with E-state index in [-0.39, 0.29) is 0 Å². The number of benzene rings is 2. The highest BCUT2D eigenvalue weighted by Crippen LogP contribution is 2.35. The topological polar surface area (TPSA) is 9.23 Å². The van der Waals surface area contributed by atoms with Crippen molar-refractivity contribution < 1.29 is 4.74 Å². The van der Waals surface area contributed by atoms with Crippen LogP contribution in [0.2, 0.25) is 0 Å². The third-order valence-corrected chi connectivity index (χ3v) is 4.90. The molecule has 1 aliphatic rings. The van der Waals surface area contributed by atoms with Crippen molar-refractivity contribution in [2.75, 3.05) is 0 Å². The smallest absolute Gasteiger partial charge is 0.134 e. The van der Waals surface area contributed by atoms with Crippen LogP contribution in [0.15, 0.2) is 40.9 Å². The van der Waals surface area contributed by atoms with Gasteiger partial charge in [0.1, 0.15) is 5.75 Å². The first kappa shape index (κ1) is 13.0. The molecule has 2 aromatic rings. The van der Waals surface area contributed by atoms with Crippen molar-refractivity contribution in [1.82, 2.24) is 0 Å². The Morgan fingerprint density at radius 3 is 2.53 bits per heavy atom. The van der Waals surface area contributed by atoms with Crippen LogP contribution in [0.25, 0.3) is 10.8 Å². The summed E-state index contributed by atoms with van der Waals surface area (Å²) in [5.74, 6) is 1.85. The Bertz CT molecular complexity index is 570. The highest BCUT2D eigenvalue weighted by molar-refractivity contribution is 9.10. The summed E-state index contributed by atoms with van der Waals surface area (Å²) in [5.41, 5.74) is 0. The molecule has 0 amide bonds. The van der Waals surface area contributed by atoms with Gasteiger partial charge in [0.25, 0.3) is 0 Å². The largest absolute Gasteiger partial charge is 0.489 e. The van der Waals surface area contributed by atoms with Crippen LogP contribution in [0.1, 0.15) is 32.6 Å². The molecular formula is C17H19BrO. The molecule has 1 aliphatic carbocycles. The lowest BCUT2D eigenvalue weighted by Crippen LogP contribution is -2.23. The number of hydrogen-bond acceptors (Lipinski definition) is 1. The van der Waals surface area contributed by atoms with Crippen molar-refractivity contribution in [3.8, 4) is 5.75 Å². The third kappa shape index (κ3) is 2.79. The van der Waals surface area contributed by atoms with Crippen LogP contribution < -0.4 is 4.74 Å². The second-order valence-corrected chi connectivity index (χ2v) is 6.39. The van der Waals surface area contributed by atoms with E-state index in [1.807, 2.05) is 0 Å². The molecule has 0 spiro atoms. The molecule has 1 nitrogen and oxygen atoms in total. The quantitative estimate of drug-likeness (QED) is 0.704. The van der Waals surface area contributed by atoms with Crippen LogP contribution in [-0.2, 0) is 0 Å². The Kier molecular flexibility index (Phi) is 3.79. The number of rotatable bonds is 2. The molecule has 0 saturated heterocycles. The summed E-state index contributed by atoms with van der Waals surface area (Å²) < 4.78 is 7.28. The molecule has 3 rings (SSSR count). The van der Waals surface area contributed by atoms with Gasteiger partial charge in [0.05, 0.1) is 10.6 Å². The van der Waals surface area contributed by atoms with E-state index >= 15 is 0 Å². The van der Waals surface area contributed by atoms with Gasteiger partial charge in [0, 0.05) is 0 Å². The summed E-state index contributed by atoms with van der Waals surface area (Å²) in [4.78, 5) is 0. The van der Waals surface area contributed by atoms with Crippen molar-refractivity contribution in [1.29, 1.82) is 0 Å². The summed E-state index contributed by atoms with van der Waals surface area (Å²) in [6.45, 7) is 2.34. The van der Waals surface area contributed by atoms with E-state index in [2.05, 4.69) is 59.3 Å². The Hall–Kier alpha value is -1.02.